The molecule has 1 aromatic carbocycles. The normalized spacial score (nSPS) is 19.7. The quantitative estimate of drug-likeness (QED) is 0.337. The number of rotatable bonds is 3. The van der Waals surface area contributed by atoms with Crippen molar-refractivity contribution in [3.8, 4) is 12.3 Å². The van der Waals surface area contributed by atoms with E-state index in [0.717, 1.165) is 28.1 Å². The van der Waals surface area contributed by atoms with Crippen LogP contribution >= 0.6 is 34.5 Å². The molecule has 2 aliphatic heterocycles. The molecule has 5 nitrogen and oxygen atoms in total. The molecule has 2 aliphatic rings. The van der Waals surface area contributed by atoms with Crippen molar-refractivity contribution in [1.29, 1.82) is 0 Å². The zero-order valence-corrected chi connectivity index (χ0v) is 19.3. The van der Waals surface area contributed by atoms with Crippen LogP contribution in [0.2, 0.25) is 10.0 Å². The number of nitrogens with one attached hydrogen (secondary N) is 1. The van der Waals surface area contributed by atoms with Crippen molar-refractivity contribution in [2.24, 2.45) is 5.16 Å². The first-order chi connectivity index (χ1) is 15.5. The Hall–Kier alpha value is -2.48. The first-order valence-electron chi connectivity index (χ1n) is 9.53. The average Bonchev–Trinajstić information content (AvgIpc) is 3.44. The van der Waals surface area contributed by atoms with E-state index < -0.39 is 39.6 Å². The molecule has 174 valence electrons. The second-order valence-electron chi connectivity index (χ2n) is 7.56. The number of carbonyl (C=O) groups excluding carboxylic acids is 1. The highest BCUT2D eigenvalue weighted by Gasteiger charge is 2.63. The lowest BCUT2D eigenvalue weighted by Crippen LogP contribution is -2.44. The predicted molar refractivity (Wildman–Crippen MR) is 117 cm³/mol. The number of hydrogen-bond acceptors (Lipinski definition) is 5. The van der Waals surface area contributed by atoms with Gasteiger partial charge >= 0.3 is 6.18 Å². The summed E-state index contributed by atoms with van der Waals surface area (Å²) in [5.74, 6) is 1.10. The number of fused-ring (bicyclic) bond motifs is 1. The zero-order chi connectivity index (χ0) is 24.1. The maximum Gasteiger partial charge on any atom is 0.435 e. The number of nitrogens with zero attached hydrogens (tertiary/aromatic N) is 2. The molecule has 1 atom stereocenters. The van der Waals surface area contributed by atoms with Crippen LogP contribution < -0.4 is 5.32 Å². The minimum atomic E-state index is -4.88. The molecule has 1 unspecified atom stereocenters. The fourth-order valence-electron chi connectivity index (χ4n) is 3.82. The first kappa shape index (κ1) is 23.7. The number of thiophene rings is 1. The van der Waals surface area contributed by atoms with E-state index in [2.05, 4.69) is 16.4 Å². The molecule has 0 saturated carbocycles. The van der Waals surface area contributed by atoms with Gasteiger partial charge in [0.25, 0.3) is 11.5 Å². The third-order valence-corrected chi connectivity index (χ3v) is 7.45. The van der Waals surface area contributed by atoms with Crippen molar-refractivity contribution in [3.05, 3.63) is 54.4 Å². The summed E-state index contributed by atoms with van der Waals surface area (Å²) in [4.78, 5) is 20.3. The summed E-state index contributed by atoms with van der Waals surface area (Å²) >= 11 is 12.7. The van der Waals surface area contributed by atoms with Gasteiger partial charge in [0.05, 0.1) is 34.4 Å². The number of terminal acetylenes is 1. The van der Waals surface area contributed by atoms with Crippen LogP contribution in [0.25, 0.3) is 0 Å². The van der Waals surface area contributed by atoms with Crippen LogP contribution in [0.15, 0.2) is 17.3 Å². The summed E-state index contributed by atoms with van der Waals surface area (Å²) in [7, 11) is 0. The number of hydrogen-bond donors (Lipinski definition) is 1. The SMILES string of the molecule is C#CCNC(=O)c1sc2c(c1C)CN(C1=NOC(c3cc(Cl)c(F)c(Cl)c3)(C(F)(F)F)C1)C2. The van der Waals surface area contributed by atoms with Crippen molar-refractivity contribution in [2.45, 2.75) is 38.2 Å². The lowest BCUT2D eigenvalue weighted by atomic mass is 9.89. The molecule has 0 fully saturated rings. The van der Waals surface area contributed by atoms with Gasteiger partial charge in [-0.15, -0.1) is 17.8 Å². The first-order valence-corrected chi connectivity index (χ1v) is 11.1. The van der Waals surface area contributed by atoms with Crippen molar-refractivity contribution >= 4 is 46.3 Å². The van der Waals surface area contributed by atoms with Crippen LogP contribution in [0.4, 0.5) is 17.6 Å². The Morgan fingerprint density at radius 3 is 2.61 bits per heavy atom. The average molecular weight is 520 g/mol. The Bertz CT molecular complexity index is 1200. The maximum atomic E-state index is 14.2. The fraction of sp³-hybridized carbons (Fsp3) is 0.333. The number of amides is 1. The van der Waals surface area contributed by atoms with Gasteiger partial charge in [0, 0.05) is 17.0 Å². The van der Waals surface area contributed by atoms with Crippen LogP contribution in [-0.2, 0) is 23.5 Å². The predicted octanol–water partition coefficient (Wildman–Crippen LogP) is 5.37. The van der Waals surface area contributed by atoms with Crippen molar-refractivity contribution in [1.82, 2.24) is 10.2 Å². The Labute approximate surface area is 200 Å². The molecule has 4 rings (SSSR count). The fourth-order valence-corrected chi connectivity index (χ4v) is 5.56. The summed E-state index contributed by atoms with van der Waals surface area (Å²) in [5, 5.41) is 5.24. The molecule has 0 aliphatic carbocycles. The van der Waals surface area contributed by atoms with Gasteiger partial charge in [-0.1, -0.05) is 34.3 Å². The maximum absolute atomic E-state index is 14.2. The summed E-state index contributed by atoms with van der Waals surface area (Å²) in [5.41, 5.74) is -1.70. The lowest BCUT2D eigenvalue weighted by molar-refractivity contribution is -0.275. The molecule has 2 aromatic rings. The van der Waals surface area contributed by atoms with E-state index in [1.165, 1.54) is 11.3 Å². The largest absolute Gasteiger partial charge is 0.435 e. The summed E-state index contributed by atoms with van der Waals surface area (Å²) < 4.78 is 56.3. The van der Waals surface area contributed by atoms with Gasteiger partial charge in [0.15, 0.2) is 5.82 Å². The van der Waals surface area contributed by atoms with Crippen LogP contribution in [0.3, 0.4) is 0 Å². The van der Waals surface area contributed by atoms with Gasteiger partial charge in [0.1, 0.15) is 5.84 Å². The van der Waals surface area contributed by atoms with Gasteiger partial charge in [-0.05, 0) is 30.2 Å². The molecule has 33 heavy (non-hydrogen) atoms. The van der Waals surface area contributed by atoms with Gasteiger partial charge in [-0.3, -0.25) is 4.79 Å². The Morgan fingerprint density at radius 1 is 1.36 bits per heavy atom. The molecule has 1 aromatic heterocycles. The molecule has 12 heteroatoms. The van der Waals surface area contributed by atoms with E-state index >= 15 is 0 Å². The Balaban J connectivity index is 1.58. The minimum absolute atomic E-state index is 0.0741. The van der Waals surface area contributed by atoms with Gasteiger partial charge < -0.3 is 15.1 Å². The van der Waals surface area contributed by atoms with E-state index in [1.54, 1.807) is 11.8 Å². The van der Waals surface area contributed by atoms with Gasteiger partial charge in [-0.2, -0.15) is 13.2 Å². The summed E-state index contributed by atoms with van der Waals surface area (Å²) in [6.07, 6.45) is -0.359. The minimum Gasteiger partial charge on any atom is -0.372 e. The molecule has 1 N–H and O–H groups in total. The zero-order valence-electron chi connectivity index (χ0n) is 16.9. The molecular weight excluding hydrogens is 505 g/mol. The summed E-state index contributed by atoms with van der Waals surface area (Å²) in [6.45, 7) is 2.41. The van der Waals surface area contributed by atoms with Gasteiger partial charge in [-0.25, -0.2) is 4.39 Å². The molecular formula is C21H15Cl2F4N3O2S. The number of alkyl halides is 3. The number of benzene rings is 1. The van der Waals surface area contributed by atoms with Crippen molar-refractivity contribution in [2.75, 3.05) is 6.54 Å². The lowest BCUT2D eigenvalue weighted by Gasteiger charge is -2.30. The molecule has 0 radical (unpaired) electrons. The standard InChI is InChI=1S/C21H15Cl2F4N3O2S/c1-3-4-28-19(31)18-10(2)12-8-30(9-15(12)33-18)16-7-20(32-29-16,21(25,26)27)11-5-13(22)17(24)14(23)6-11/h1,5-6H,4,7-9H2,2H3,(H,28,31). The topological polar surface area (TPSA) is 53.9 Å². The van der Waals surface area contributed by atoms with E-state index in [9.17, 15) is 22.4 Å². The van der Waals surface area contributed by atoms with E-state index in [4.69, 9.17) is 34.5 Å². The molecule has 1 amide bonds. The van der Waals surface area contributed by atoms with Crippen LogP contribution in [-0.4, -0.2) is 29.4 Å². The number of oxime groups is 1. The van der Waals surface area contributed by atoms with Crippen LogP contribution in [0, 0.1) is 25.1 Å². The van der Waals surface area contributed by atoms with E-state index in [-0.39, 0.29) is 31.4 Å². The Morgan fingerprint density at radius 2 is 2.03 bits per heavy atom. The number of amidine groups is 1. The van der Waals surface area contributed by atoms with Crippen molar-refractivity contribution < 1.29 is 27.2 Å². The Kier molecular flexibility index (Phi) is 6.01. The van der Waals surface area contributed by atoms with E-state index in [0.29, 0.717) is 4.88 Å². The highest BCUT2D eigenvalue weighted by molar-refractivity contribution is 7.14. The molecule has 0 bridgehead atoms. The number of halogens is 6. The number of carbonyl (C=O) groups is 1. The van der Waals surface area contributed by atoms with Gasteiger partial charge in [0.2, 0.25) is 0 Å². The molecule has 0 saturated heterocycles. The third kappa shape index (κ3) is 3.92. The second-order valence-corrected chi connectivity index (χ2v) is 9.47. The van der Waals surface area contributed by atoms with E-state index in [1.807, 2.05) is 0 Å². The van der Waals surface area contributed by atoms with Crippen LogP contribution in [0.5, 0.6) is 0 Å². The smallest absolute Gasteiger partial charge is 0.372 e. The monoisotopic (exact) mass is 519 g/mol. The van der Waals surface area contributed by atoms with Crippen molar-refractivity contribution in [3.63, 3.8) is 0 Å². The highest BCUT2D eigenvalue weighted by atomic mass is 35.5. The van der Waals surface area contributed by atoms with Crippen LogP contribution in [0.1, 0.15) is 37.7 Å². The molecule has 3 heterocycles. The highest BCUT2D eigenvalue weighted by Crippen LogP contribution is 2.50. The third-order valence-electron chi connectivity index (χ3n) is 5.58. The molecule has 0 spiro atoms. The second kappa shape index (κ2) is 8.38. The summed E-state index contributed by atoms with van der Waals surface area (Å²) in [6, 6.07) is 1.70.